The van der Waals surface area contributed by atoms with E-state index in [2.05, 4.69) is 10.2 Å². The average Bonchev–Trinajstić information content (AvgIpc) is 2.84. The van der Waals surface area contributed by atoms with Crippen LogP contribution in [0.5, 0.6) is 0 Å². The van der Waals surface area contributed by atoms with Gasteiger partial charge in [0.15, 0.2) is 5.76 Å². The van der Waals surface area contributed by atoms with Crippen molar-refractivity contribution in [2.45, 2.75) is 18.9 Å². The number of furan rings is 1. The highest BCUT2D eigenvalue weighted by molar-refractivity contribution is 5.91. The maximum Gasteiger partial charge on any atom is 0.287 e. The van der Waals surface area contributed by atoms with Crippen LogP contribution >= 0.6 is 0 Å². The molecule has 4 nitrogen and oxygen atoms in total. The first kappa shape index (κ1) is 9.90. The Balaban J connectivity index is 1.65. The van der Waals surface area contributed by atoms with Gasteiger partial charge in [-0.25, -0.2) is 0 Å². The largest absolute Gasteiger partial charge is 0.459 e. The predicted molar refractivity (Wildman–Crippen MR) is 59.1 cm³/mol. The Morgan fingerprint density at radius 3 is 2.81 bits per heavy atom. The van der Waals surface area contributed by atoms with Crippen molar-refractivity contribution < 1.29 is 9.21 Å². The van der Waals surface area contributed by atoms with Crippen molar-refractivity contribution in [1.29, 1.82) is 0 Å². The number of rotatable bonds is 2. The molecule has 86 valence electrons. The Labute approximate surface area is 94.6 Å². The van der Waals surface area contributed by atoms with Crippen molar-refractivity contribution in [3.05, 3.63) is 24.2 Å². The first-order valence-corrected chi connectivity index (χ1v) is 5.89. The minimum atomic E-state index is -0.0799. The third-order valence-electron chi connectivity index (χ3n) is 3.72. The van der Waals surface area contributed by atoms with Gasteiger partial charge in [-0.05, 0) is 44.0 Å². The van der Waals surface area contributed by atoms with Crippen LogP contribution in [-0.2, 0) is 0 Å². The minimum Gasteiger partial charge on any atom is -0.459 e. The molecule has 1 unspecified atom stereocenters. The molecular formula is C12H16N2O2. The van der Waals surface area contributed by atoms with Gasteiger partial charge in [0.05, 0.1) is 6.26 Å². The van der Waals surface area contributed by atoms with Crippen molar-refractivity contribution in [1.82, 2.24) is 10.2 Å². The molecule has 1 amide bonds. The van der Waals surface area contributed by atoms with Crippen LogP contribution in [0.1, 0.15) is 23.4 Å². The summed E-state index contributed by atoms with van der Waals surface area (Å²) in [5, 5.41) is 3.08. The molecule has 1 aromatic heterocycles. The van der Waals surface area contributed by atoms with E-state index in [4.69, 9.17) is 4.42 Å². The Kier molecular flexibility index (Phi) is 2.44. The number of carbonyl (C=O) groups is 1. The van der Waals surface area contributed by atoms with Gasteiger partial charge in [-0.15, -0.1) is 0 Å². The van der Waals surface area contributed by atoms with Gasteiger partial charge < -0.3 is 14.6 Å². The molecular weight excluding hydrogens is 204 g/mol. The first-order chi connectivity index (χ1) is 7.83. The second-order valence-electron chi connectivity index (χ2n) is 4.70. The number of piperidine rings is 3. The quantitative estimate of drug-likeness (QED) is 0.812. The summed E-state index contributed by atoms with van der Waals surface area (Å²) in [6.07, 6.45) is 3.96. The lowest BCUT2D eigenvalue weighted by Gasteiger charge is -2.44. The number of hydrogen-bond donors (Lipinski definition) is 1. The Bertz CT molecular complexity index is 366. The molecule has 4 rings (SSSR count). The molecule has 1 N–H and O–H groups in total. The van der Waals surface area contributed by atoms with Gasteiger partial charge in [-0.3, -0.25) is 4.79 Å². The van der Waals surface area contributed by atoms with E-state index in [0.717, 1.165) is 6.54 Å². The number of nitrogens with zero attached hydrogens (tertiary/aromatic N) is 1. The van der Waals surface area contributed by atoms with Gasteiger partial charge >= 0.3 is 0 Å². The number of amides is 1. The predicted octanol–water partition coefficient (Wildman–Crippen LogP) is 1.10. The zero-order valence-electron chi connectivity index (χ0n) is 9.19. The molecule has 0 spiro atoms. The molecule has 3 aliphatic heterocycles. The van der Waals surface area contributed by atoms with E-state index in [0.29, 0.717) is 17.7 Å². The van der Waals surface area contributed by atoms with Crippen molar-refractivity contribution in [2.24, 2.45) is 5.92 Å². The molecule has 4 heterocycles. The summed E-state index contributed by atoms with van der Waals surface area (Å²) in [4.78, 5) is 14.3. The molecule has 3 saturated heterocycles. The first-order valence-electron chi connectivity index (χ1n) is 5.89. The van der Waals surface area contributed by atoms with Crippen LogP contribution in [-0.4, -0.2) is 36.5 Å². The van der Waals surface area contributed by atoms with Crippen LogP contribution in [0.25, 0.3) is 0 Å². The lowest BCUT2D eigenvalue weighted by Crippen LogP contribution is -2.57. The molecule has 0 radical (unpaired) electrons. The highest BCUT2D eigenvalue weighted by Gasteiger charge is 2.35. The molecule has 3 aliphatic rings. The fourth-order valence-electron chi connectivity index (χ4n) is 2.78. The van der Waals surface area contributed by atoms with Gasteiger partial charge in [0.2, 0.25) is 0 Å². The molecule has 2 bridgehead atoms. The number of nitrogens with one attached hydrogen (secondary N) is 1. The number of fused-ring (bicyclic) bond motifs is 3. The third kappa shape index (κ3) is 1.73. The van der Waals surface area contributed by atoms with Crippen LogP contribution in [0.2, 0.25) is 0 Å². The van der Waals surface area contributed by atoms with E-state index in [9.17, 15) is 4.79 Å². The Hall–Kier alpha value is -1.29. The molecule has 0 saturated carbocycles. The zero-order valence-corrected chi connectivity index (χ0v) is 9.19. The maximum atomic E-state index is 11.8. The summed E-state index contributed by atoms with van der Waals surface area (Å²) in [5.74, 6) is 0.990. The maximum absolute atomic E-state index is 11.8. The van der Waals surface area contributed by atoms with Crippen LogP contribution < -0.4 is 5.32 Å². The minimum absolute atomic E-state index is 0.0799. The van der Waals surface area contributed by atoms with Gasteiger partial charge in [0.1, 0.15) is 0 Å². The van der Waals surface area contributed by atoms with Crippen molar-refractivity contribution in [3.63, 3.8) is 0 Å². The van der Waals surface area contributed by atoms with E-state index in [1.807, 2.05) is 0 Å². The third-order valence-corrected chi connectivity index (χ3v) is 3.72. The van der Waals surface area contributed by atoms with Crippen molar-refractivity contribution >= 4 is 5.91 Å². The van der Waals surface area contributed by atoms with Crippen molar-refractivity contribution in [2.75, 3.05) is 19.6 Å². The van der Waals surface area contributed by atoms with E-state index < -0.39 is 0 Å². The summed E-state index contributed by atoms with van der Waals surface area (Å²) in [6, 6.07) is 3.75. The van der Waals surface area contributed by atoms with Crippen LogP contribution in [0, 0.1) is 5.92 Å². The molecule has 0 aliphatic carbocycles. The summed E-state index contributed by atoms with van der Waals surface area (Å²) in [6.45, 7) is 3.38. The van der Waals surface area contributed by atoms with E-state index >= 15 is 0 Å². The zero-order chi connectivity index (χ0) is 11.0. The lowest BCUT2D eigenvalue weighted by atomic mass is 9.84. The average molecular weight is 220 g/mol. The summed E-state index contributed by atoms with van der Waals surface area (Å²) in [5.41, 5.74) is 0. The number of hydrogen-bond acceptors (Lipinski definition) is 3. The standard InChI is InChI=1S/C12H16N2O2/c15-12(11-2-1-7-16-11)13-10-8-14-5-3-9(10)4-6-14/h1-2,7,9-10H,3-6,8H2,(H,13,15). The van der Waals surface area contributed by atoms with Crippen LogP contribution in [0.4, 0.5) is 0 Å². The fraction of sp³-hybridized carbons (Fsp3) is 0.583. The van der Waals surface area contributed by atoms with Gasteiger partial charge in [-0.2, -0.15) is 0 Å². The SMILES string of the molecule is O=C(NC1CN2CCC1CC2)c1ccco1. The Morgan fingerprint density at radius 2 is 2.25 bits per heavy atom. The van der Waals surface area contributed by atoms with E-state index in [1.54, 1.807) is 12.1 Å². The van der Waals surface area contributed by atoms with Gasteiger partial charge in [0.25, 0.3) is 5.91 Å². The molecule has 16 heavy (non-hydrogen) atoms. The summed E-state index contributed by atoms with van der Waals surface area (Å²) >= 11 is 0. The molecule has 1 atom stereocenters. The Morgan fingerprint density at radius 1 is 1.44 bits per heavy atom. The van der Waals surface area contributed by atoms with Crippen LogP contribution in [0.15, 0.2) is 22.8 Å². The monoisotopic (exact) mass is 220 g/mol. The topological polar surface area (TPSA) is 45.5 Å². The van der Waals surface area contributed by atoms with E-state index in [-0.39, 0.29) is 5.91 Å². The van der Waals surface area contributed by atoms with Crippen molar-refractivity contribution in [3.8, 4) is 0 Å². The second kappa shape index (κ2) is 3.94. The van der Waals surface area contributed by atoms with Gasteiger partial charge in [0, 0.05) is 12.6 Å². The summed E-state index contributed by atoms with van der Waals surface area (Å²) in [7, 11) is 0. The van der Waals surface area contributed by atoms with E-state index in [1.165, 1.54) is 32.2 Å². The molecule has 0 aromatic carbocycles. The number of carbonyl (C=O) groups excluding carboxylic acids is 1. The molecule has 4 heteroatoms. The summed E-state index contributed by atoms with van der Waals surface area (Å²) < 4.78 is 5.09. The fourth-order valence-corrected chi connectivity index (χ4v) is 2.78. The normalized spacial score (nSPS) is 32.6. The highest BCUT2D eigenvalue weighted by Crippen LogP contribution is 2.27. The molecule has 1 aromatic rings. The lowest BCUT2D eigenvalue weighted by molar-refractivity contribution is 0.0606. The smallest absolute Gasteiger partial charge is 0.287 e. The van der Waals surface area contributed by atoms with Crippen LogP contribution in [0.3, 0.4) is 0 Å². The molecule has 3 fully saturated rings. The highest BCUT2D eigenvalue weighted by atomic mass is 16.3. The second-order valence-corrected chi connectivity index (χ2v) is 4.70. The van der Waals surface area contributed by atoms with Gasteiger partial charge in [-0.1, -0.05) is 0 Å².